The second kappa shape index (κ2) is 8.25. The topological polar surface area (TPSA) is 118 Å². The van der Waals surface area contributed by atoms with Gasteiger partial charge in [-0.25, -0.2) is 4.79 Å². The van der Waals surface area contributed by atoms with E-state index in [0.29, 0.717) is 23.6 Å². The third kappa shape index (κ3) is 3.55. The summed E-state index contributed by atoms with van der Waals surface area (Å²) in [5.41, 5.74) is 3.19. The molecule has 30 heavy (non-hydrogen) atoms. The van der Waals surface area contributed by atoms with Gasteiger partial charge in [0.1, 0.15) is 5.56 Å². The van der Waals surface area contributed by atoms with Gasteiger partial charge < -0.3 is 20.0 Å². The first kappa shape index (κ1) is 20.1. The van der Waals surface area contributed by atoms with Gasteiger partial charge in [-0.05, 0) is 30.5 Å². The Hall–Kier alpha value is -3.23. The fourth-order valence-corrected chi connectivity index (χ4v) is 4.34. The van der Waals surface area contributed by atoms with Crippen molar-refractivity contribution in [1.82, 2.24) is 15.0 Å². The second-order valence-electron chi connectivity index (χ2n) is 7.68. The standard InChI is InChI=1S/C21H26N4O5/c1-29-16-9-8-12(10-17(16)30-2)14-11-15(24-23-14)18-19(26)22-21(28)25(20(18)27)13-6-4-3-5-7-13/h8-10,13-14,23,27H,3-7,11H2,1-2H3,(H,22,26,28). The van der Waals surface area contributed by atoms with Gasteiger partial charge in [-0.2, -0.15) is 5.10 Å². The minimum Gasteiger partial charge on any atom is -0.494 e. The van der Waals surface area contributed by atoms with Crippen molar-refractivity contribution >= 4 is 5.71 Å². The molecule has 160 valence electrons. The highest BCUT2D eigenvalue weighted by molar-refractivity contribution is 6.03. The maximum Gasteiger partial charge on any atom is 0.331 e. The number of H-pyrrole nitrogens is 1. The molecule has 0 radical (unpaired) electrons. The van der Waals surface area contributed by atoms with Gasteiger partial charge in [0.2, 0.25) is 5.88 Å². The van der Waals surface area contributed by atoms with E-state index >= 15 is 0 Å². The van der Waals surface area contributed by atoms with Crippen molar-refractivity contribution in [3.63, 3.8) is 0 Å². The molecule has 1 aromatic carbocycles. The van der Waals surface area contributed by atoms with Crippen LogP contribution in [0.2, 0.25) is 0 Å². The van der Waals surface area contributed by atoms with E-state index in [1.54, 1.807) is 20.3 Å². The van der Waals surface area contributed by atoms with E-state index in [0.717, 1.165) is 37.7 Å². The second-order valence-corrected chi connectivity index (χ2v) is 7.68. The molecule has 2 heterocycles. The Bertz CT molecular complexity index is 1080. The minimum atomic E-state index is -0.627. The average Bonchev–Trinajstić information content (AvgIpc) is 3.23. The van der Waals surface area contributed by atoms with E-state index in [2.05, 4.69) is 15.5 Å². The summed E-state index contributed by atoms with van der Waals surface area (Å²) in [6, 6.07) is 5.24. The first-order chi connectivity index (χ1) is 14.5. The highest BCUT2D eigenvalue weighted by Crippen LogP contribution is 2.34. The number of benzene rings is 1. The molecule has 3 N–H and O–H groups in total. The number of nitrogens with one attached hydrogen (secondary N) is 2. The molecule has 2 aromatic rings. The maximum atomic E-state index is 12.5. The number of hydrazone groups is 1. The van der Waals surface area contributed by atoms with Crippen molar-refractivity contribution in [2.24, 2.45) is 5.10 Å². The molecule has 1 unspecified atom stereocenters. The summed E-state index contributed by atoms with van der Waals surface area (Å²) in [7, 11) is 3.14. The summed E-state index contributed by atoms with van der Waals surface area (Å²) in [5, 5.41) is 15.2. The van der Waals surface area contributed by atoms with Gasteiger partial charge in [-0.3, -0.25) is 14.3 Å². The van der Waals surface area contributed by atoms with Crippen LogP contribution in [-0.4, -0.2) is 34.6 Å². The van der Waals surface area contributed by atoms with E-state index in [1.165, 1.54) is 4.57 Å². The number of nitrogens with zero attached hydrogens (tertiary/aromatic N) is 2. The number of aromatic nitrogens is 2. The lowest BCUT2D eigenvalue weighted by molar-refractivity contribution is 0.298. The van der Waals surface area contributed by atoms with Gasteiger partial charge in [0.05, 0.1) is 26.0 Å². The van der Waals surface area contributed by atoms with E-state index in [-0.39, 0.29) is 23.5 Å². The molecule has 1 saturated carbocycles. The van der Waals surface area contributed by atoms with Crippen molar-refractivity contribution in [3.05, 3.63) is 50.2 Å². The molecule has 1 atom stereocenters. The molecule has 0 amide bonds. The average molecular weight is 414 g/mol. The number of aromatic amines is 1. The van der Waals surface area contributed by atoms with Crippen molar-refractivity contribution in [3.8, 4) is 17.4 Å². The molecular weight excluding hydrogens is 388 g/mol. The molecular formula is C21H26N4O5. The highest BCUT2D eigenvalue weighted by atomic mass is 16.5. The maximum absolute atomic E-state index is 12.5. The van der Waals surface area contributed by atoms with Crippen LogP contribution in [0, 0.1) is 0 Å². The van der Waals surface area contributed by atoms with Crippen LogP contribution in [0.3, 0.4) is 0 Å². The first-order valence-corrected chi connectivity index (χ1v) is 10.2. The summed E-state index contributed by atoms with van der Waals surface area (Å²) in [6.45, 7) is 0. The predicted molar refractivity (Wildman–Crippen MR) is 112 cm³/mol. The number of methoxy groups -OCH3 is 2. The summed E-state index contributed by atoms with van der Waals surface area (Å²) >= 11 is 0. The third-order valence-corrected chi connectivity index (χ3v) is 5.91. The summed E-state index contributed by atoms with van der Waals surface area (Å²) in [6.07, 6.45) is 5.10. The molecule has 1 aliphatic carbocycles. The fraction of sp³-hybridized carbons (Fsp3) is 0.476. The molecule has 0 spiro atoms. The normalized spacial score (nSPS) is 19.3. The quantitative estimate of drug-likeness (QED) is 0.690. The Morgan fingerprint density at radius 3 is 2.53 bits per heavy atom. The van der Waals surface area contributed by atoms with Gasteiger partial charge in [0, 0.05) is 12.5 Å². The lowest BCUT2D eigenvalue weighted by Gasteiger charge is -2.25. The van der Waals surface area contributed by atoms with Crippen LogP contribution in [-0.2, 0) is 0 Å². The van der Waals surface area contributed by atoms with Crippen molar-refractivity contribution in [2.45, 2.75) is 50.6 Å². The summed E-state index contributed by atoms with van der Waals surface area (Å²) in [4.78, 5) is 27.3. The summed E-state index contributed by atoms with van der Waals surface area (Å²) in [5.74, 6) is 0.912. The van der Waals surface area contributed by atoms with E-state index in [1.807, 2.05) is 12.1 Å². The SMILES string of the molecule is COc1ccc(C2CC(c3c(O)n(C4CCCCC4)c(=O)[nH]c3=O)=NN2)cc1OC. The molecule has 0 saturated heterocycles. The van der Waals surface area contributed by atoms with Gasteiger partial charge in [-0.1, -0.05) is 25.3 Å². The van der Waals surface area contributed by atoms with Crippen LogP contribution in [0.25, 0.3) is 0 Å². The fourth-order valence-electron chi connectivity index (χ4n) is 4.34. The zero-order chi connectivity index (χ0) is 21.3. The minimum absolute atomic E-state index is 0.0515. The monoisotopic (exact) mass is 414 g/mol. The van der Waals surface area contributed by atoms with Crippen LogP contribution in [0.15, 0.2) is 32.9 Å². The van der Waals surface area contributed by atoms with Crippen molar-refractivity contribution in [1.29, 1.82) is 0 Å². The Morgan fingerprint density at radius 2 is 1.83 bits per heavy atom. The predicted octanol–water partition coefficient (Wildman–Crippen LogP) is 2.20. The van der Waals surface area contributed by atoms with Gasteiger partial charge in [0.15, 0.2) is 11.5 Å². The molecule has 9 nitrogen and oxygen atoms in total. The number of aromatic hydroxyl groups is 1. The van der Waals surface area contributed by atoms with Crippen LogP contribution in [0.1, 0.15) is 61.7 Å². The van der Waals surface area contributed by atoms with Crippen LogP contribution in [0.4, 0.5) is 0 Å². The molecule has 9 heteroatoms. The summed E-state index contributed by atoms with van der Waals surface area (Å²) < 4.78 is 12.0. The van der Waals surface area contributed by atoms with Crippen molar-refractivity contribution in [2.75, 3.05) is 14.2 Å². The van der Waals surface area contributed by atoms with Crippen LogP contribution in [0.5, 0.6) is 17.4 Å². The molecule has 2 aliphatic rings. The Balaban J connectivity index is 1.64. The van der Waals surface area contributed by atoms with Gasteiger partial charge in [0.25, 0.3) is 5.56 Å². The van der Waals surface area contributed by atoms with E-state index in [4.69, 9.17) is 9.47 Å². The Labute approximate surface area is 173 Å². The number of rotatable bonds is 5. The zero-order valence-electron chi connectivity index (χ0n) is 17.1. The Morgan fingerprint density at radius 1 is 1.10 bits per heavy atom. The molecule has 0 bridgehead atoms. The van der Waals surface area contributed by atoms with E-state index < -0.39 is 11.2 Å². The lowest BCUT2D eigenvalue weighted by atomic mass is 9.95. The van der Waals surface area contributed by atoms with Crippen LogP contribution < -0.4 is 26.1 Å². The Kier molecular flexibility index (Phi) is 5.52. The molecule has 4 rings (SSSR count). The van der Waals surface area contributed by atoms with Crippen molar-refractivity contribution < 1.29 is 14.6 Å². The molecule has 1 aliphatic heterocycles. The van der Waals surface area contributed by atoms with Gasteiger partial charge in [-0.15, -0.1) is 0 Å². The molecule has 1 aromatic heterocycles. The zero-order valence-corrected chi connectivity index (χ0v) is 17.1. The highest BCUT2D eigenvalue weighted by Gasteiger charge is 2.29. The number of hydrogen-bond donors (Lipinski definition) is 3. The van der Waals surface area contributed by atoms with Gasteiger partial charge >= 0.3 is 5.69 Å². The van der Waals surface area contributed by atoms with E-state index in [9.17, 15) is 14.7 Å². The lowest BCUT2D eigenvalue weighted by Crippen LogP contribution is -2.36. The largest absolute Gasteiger partial charge is 0.494 e. The van der Waals surface area contributed by atoms with Crippen LogP contribution >= 0.6 is 0 Å². The first-order valence-electron chi connectivity index (χ1n) is 10.2. The smallest absolute Gasteiger partial charge is 0.331 e. The third-order valence-electron chi connectivity index (χ3n) is 5.91. The number of hydrogen-bond acceptors (Lipinski definition) is 7. The number of ether oxygens (including phenoxy) is 2. The molecule has 1 fully saturated rings.